The van der Waals surface area contributed by atoms with Gasteiger partial charge in [0.2, 0.25) is 0 Å². The Hall–Kier alpha value is -1.88. The molecule has 0 fully saturated rings. The molecule has 0 bridgehead atoms. The molecule has 0 radical (unpaired) electrons. The highest BCUT2D eigenvalue weighted by atomic mass is 32.1. The molecule has 1 aromatic carbocycles. The van der Waals surface area contributed by atoms with Crippen LogP contribution in [-0.2, 0) is 19.5 Å². The second-order valence-electron chi connectivity index (χ2n) is 4.83. The smallest absolute Gasteiger partial charge is 0.194 e. The van der Waals surface area contributed by atoms with Gasteiger partial charge in [0.25, 0.3) is 0 Å². The van der Waals surface area contributed by atoms with Crippen molar-refractivity contribution in [1.29, 1.82) is 0 Å². The third kappa shape index (κ3) is 4.56. The standard InChI is InChI=1S/C16H22N4S/c1-4-15-19-14(12-21-15)10-18-16(17-2)20(3)11-13-8-6-5-7-9-13/h5-9,12H,4,10-11H2,1-3H3,(H,17,18). The lowest BCUT2D eigenvalue weighted by atomic mass is 10.2. The highest BCUT2D eigenvalue weighted by molar-refractivity contribution is 7.09. The fourth-order valence-electron chi connectivity index (χ4n) is 2.08. The third-order valence-corrected chi connectivity index (χ3v) is 4.21. The summed E-state index contributed by atoms with van der Waals surface area (Å²) in [5.74, 6) is 0.880. The number of nitrogens with zero attached hydrogens (tertiary/aromatic N) is 3. The number of rotatable bonds is 5. The first kappa shape index (κ1) is 15.5. The Morgan fingerprint density at radius 2 is 2.10 bits per heavy atom. The molecular weight excluding hydrogens is 280 g/mol. The third-order valence-electron chi connectivity index (χ3n) is 3.17. The second kappa shape index (κ2) is 7.78. The number of aryl methyl sites for hydroxylation is 1. The van der Waals surface area contributed by atoms with E-state index in [1.165, 1.54) is 10.6 Å². The fraction of sp³-hybridized carbons (Fsp3) is 0.375. The van der Waals surface area contributed by atoms with E-state index in [9.17, 15) is 0 Å². The summed E-state index contributed by atoms with van der Waals surface area (Å²) >= 11 is 1.72. The number of benzene rings is 1. The molecule has 0 saturated carbocycles. The van der Waals surface area contributed by atoms with Gasteiger partial charge < -0.3 is 10.2 Å². The summed E-state index contributed by atoms with van der Waals surface area (Å²) in [6.07, 6.45) is 0.993. The quantitative estimate of drug-likeness (QED) is 0.682. The first-order valence-electron chi connectivity index (χ1n) is 7.12. The average Bonchev–Trinajstić information content (AvgIpc) is 2.97. The summed E-state index contributed by atoms with van der Waals surface area (Å²) in [5.41, 5.74) is 2.34. The van der Waals surface area contributed by atoms with Crippen LogP contribution in [0.4, 0.5) is 0 Å². The summed E-state index contributed by atoms with van der Waals surface area (Å²) in [7, 11) is 3.85. The van der Waals surface area contributed by atoms with Crippen molar-refractivity contribution in [2.45, 2.75) is 26.4 Å². The molecule has 1 aromatic heterocycles. The molecule has 21 heavy (non-hydrogen) atoms. The molecule has 0 saturated heterocycles. The first-order valence-corrected chi connectivity index (χ1v) is 8.00. The van der Waals surface area contributed by atoms with Crippen LogP contribution in [0.25, 0.3) is 0 Å². The molecule has 0 aliphatic rings. The molecule has 0 aliphatic heterocycles. The Morgan fingerprint density at radius 3 is 2.71 bits per heavy atom. The van der Waals surface area contributed by atoms with Crippen LogP contribution in [-0.4, -0.2) is 29.9 Å². The van der Waals surface area contributed by atoms with E-state index in [2.05, 4.69) is 56.8 Å². The summed E-state index contributed by atoms with van der Waals surface area (Å²) < 4.78 is 0. The van der Waals surface area contributed by atoms with Gasteiger partial charge in [-0.1, -0.05) is 37.3 Å². The molecular formula is C16H22N4S. The number of thiazole rings is 1. The molecule has 2 rings (SSSR count). The highest BCUT2D eigenvalue weighted by Crippen LogP contribution is 2.10. The van der Waals surface area contributed by atoms with Crippen molar-refractivity contribution in [2.24, 2.45) is 4.99 Å². The monoisotopic (exact) mass is 302 g/mol. The Kier molecular flexibility index (Phi) is 5.75. The Bertz CT molecular complexity index is 577. The number of aliphatic imine (C=N–C) groups is 1. The summed E-state index contributed by atoms with van der Waals surface area (Å²) in [4.78, 5) is 11.0. The van der Waals surface area contributed by atoms with Crippen molar-refractivity contribution in [1.82, 2.24) is 15.2 Å². The van der Waals surface area contributed by atoms with Crippen LogP contribution in [0.5, 0.6) is 0 Å². The number of guanidine groups is 1. The van der Waals surface area contributed by atoms with Gasteiger partial charge >= 0.3 is 0 Å². The lowest BCUT2D eigenvalue weighted by Crippen LogP contribution is -2.38. The average molecular weight is 302 g/mol. The zero-order valence-electron chi connectivity index (χ0n) is 12.8. The molecule has 4 nitrogen and oxygen atoms in total. The molecule has 0 aliphatic carbocycles. The number of hydrogen-bond acceptors (Lipinski definition) is 3. The van der Waals surface area contributed by atoms with Gasteiger partial charge in [-0.05, 0) is 12.0 Å². The van der Waals surface area contributed by atoms with Crippen molar-refractivity contribution in [2.75, 3.05) is 14.1 Å². The summed E-state index contributed by atoms with van der Waals surface area (Å²) in [6, 6.07) is 10.4. The fourth-order valence-corrected chi connectivity index (χ4v) is 2.82. The zero-order chi connectivity index (χ0) is 15.1. The maximum atomic E-state index is 4.56. The van der Waals surface area contributed by atoms with Gasteiger partial charge in [-0.2, -0.15) is 0 Å². The van der Waals surface area contributed by atoms with E-state index in [0.717, 1.165) is 24.6 Å². The molecule has 0 amide bonds. The number of hydrogen-bond donors (Lipinski definition) is 1. The minimum Gasteiger partial charge on any atom is -0.351 e. The van der Waals surface area contributed by atoms with Crippen molar-refractivity contribution in [3.63, 3.8) is 0 Å². The van der Waals surface area contributed by atoms with Crippen LogP contribution in [0, 0.1) is 0 Å². The summed E-state index contributed by atoms with van der Waals surface area (Å²) in [5, 5.41) is 6.65. The van der Waals surface area contributed by atoms with Crippen LogP contribution < -0.4 is 5.32 Å². The molecule has 1 N–H and O–H groups in total. The van der Waals surface area contributed by atoms with Gasteiger partial charge in [0.05, 0.1) is 17.2 Å². The Labute approximate surface area is 130 Å². The van der Waals surface area contributed by atoms with Crippen molar-refractivity contribution < 1.29 is 0 Å². The normalized spacial score (nSPS) is 11.5. The van der Waals surface area contributed by atoms with Crippen molar-refractivity contribution in [3.8, 4) is 0 Å². The Balaban J connectivity index is 1.90. The predicted molar refractivity (Wildman–Crippen MR) is 89.6 cm³/mol. The minimum atomic E-state index is 0.711. The topological polar surface area (TPSA) is 40.5 Å². The summed E-state index contributed by atoms with van der Waals surface area (Å²) in [6.45, 7) is 3.67. The van der Waals surface area contributed by atoms with Crippen LogP contribution in [0.1, 0.15) is 23.2 Å². The van der Waals surface area contributed by atoms with E-state index in [0.29, 0.717) is 6.54 Å². The number of aromatic nitrogens is 1. The second-order valence-corrected chi connectivity index (χ2v) is 5.77. The maximum absolute atomic E-state index is 4.56. The lowest BCUT2D eigenvalue weighted by Gasteiger charge is -2.21. The van der Waals surface area contributed by atoms with Gasteiger partial charge in [0.15, 0.2) is 5.96 Å². The maximum Gasteiger partial charge on any atom is 0.194 e. The van der Waals surface area contributed by atoms with E-state index in [4.69, 9.17) is 0 Å². The first-order chi connectivity index (χ1) is 10.2. The molecule has 2 aromatic rings. The van der Waals surface area contributed by atoms with Gasteiger partial charge in [-0.3, -0.25) is 4.99 Å². The van der Waals surface area contributed by atoms with Crippen molar-refractivity contribution in [3.05, 3.63) is 52.0 Å². The van der Waals surface area contributed by atoms with Gasteiger partial charge in [-0.15, -0.1) is 11.3 Å². The highest BCUT2D eigenvalue weighted by Gasteiger charge is 2.07. The van der Waals surface area contributed by atoms with Crippen LogP contribution in [0.3, 0.4) is 0 Å². The molecule has 112 valence electrons. The lowest BCUT2D eigenvalue weighted by molar-refractivity contribution is 0.476. The van der Waals surface area contributed by atoms with Gasteiger partial charge in [0, 0.05) is 26.0 Å². The largest absolute Gasteiger partial charge is 0.351 e. The SMILES string of the molecule is CCc1nc(CNC(=NC)N(C)Cc2ccccc2)cs1. The molecule has 1 heterocycles. The molecule has 0 spiro atoms. The predicted octanol–water partition coefficient (Wildman–Crippen LogP) is 2.91. The van der Waals surface area contributed by atoms with Gasteiger partial charge in [0.1, 0.15) is 0 Å². The van der Waals surface area contributed by atoms with Crippen LogP contribution in [0.2, 0.25) is 0 Å². The zero-order valence-corrected chi connectivity index (χ0v) is 13.7. The van der Waals surface area contributed by atoms with E-state index in [1.54, 1.807) is 11.3 Å². The van der Waals surface area contributed by atoms with E-state index >= 15 is 0 Å². The molecule has 0 atom stereocenters. The molecule has 0 unspecified atom stereocenters. The van der Waals surface area contributed by atoms with E-state index < -0.39 is 0 Å². The van der Waals surface area contributed by atoms with E-state index in [-0.39, 0.29) is 0 Å². The van der Waals surface area contributed by atoms with Crippen LogP contribution >= 0.6 is 11.3 Å². The van der Waals surface area contributed by atoms with E-state index in [1.807, 2.05) is 20.2 Å². The number of nitrogens with one attached hydrogen (secondary N) is 1. The van der Waals surface area contributed by atoms with Gasteiger partial charge in [-0.25, -0.2) is 4.98 Å². The van der Waals surface area contributed by atoms with Crippen LogP contribution in [0.15, 0.2) is 40.7 Å². The molecule has 5 heteroatoms. The minimum absolute atomic E-state index is 0.711. The van der Waals surface area contributed by atoms with Crippen molar-refractivity contribution >= 4 is 17.3 Å². The Morgan fingerprint density at radius 1 is 1.33 bits per heavy atom.